The number of nitrogens with zero attached hydrogens (tertiary/aromatic N) is 2. The number of halogens is 1. The first-order valence-electron chi connectivity index (χ1n) is 8.95. The first-order chi connectivity index (χ1) is 14.0. The van der Waals surface area contributed by atoms with Crippen molar-refractivity contribution >= 4 is 28.2 Å². The van der Waals surface area contributed by atoms with Crippen LogP contribution >= 0.6 is 0 Å². The molecule has 0 fully saturated rings. The molecular weight excluding hydrogens is 371 g/mol. The Morgan fingerprint density at radius 1 is 0.966 bits per heavy atom. The Labute approximate surface area is 166 Å². The molecule has 0 bridgehead atoms. The number of rotatable bonds is 5. The molecule has 0 atom stereocenters. The zero-order chi connectivity index (χ0) is 20.4. The number of hydrogen-bond donors (Lipinski definition) is 2. The quantitative estimate of drug-likeness (QED) is 0.497. The number of carboxylic acids is 1. The van der Waals surface area contributed by atoms with Gasteiger partial charge in [-0.1, -0.05) is 30.3 Å². The molecule has 1 aromatic heterocycles. The number of para-hydroxylation sites is 1. The third kappa shape index (κ3) is 3.60. The highest BCUT2D eigenvalue weighted by Gasteiger charge is 2.19. The van der Waals surface area contributed by atoms with Crippen LogP contribution in [0.15, 0.2) is 79.0 Å². The third-order valence-corrected chi connectivity index (χ3v) is 4.72. The molecule has 0 aliphatic heterocycles. The van der Waals surface area contributed by atoms with Gasteiger partial charge in [-0.15, -0.1) is 0 Å². The van der Waals surface area contributed by atoms with Gasteiger partial charge in [0.2, 0.25) is 0 Å². The fourth-order valence-corrected chi connectivity index (χ4v) is 3.30. The average Bonchev–Trinajstić information content (AvgIpc) is 2.74. The van der Waals surface area contributed by atoms with Crippen LogP contribution in [-0.2, 0) is 6.54 Å². The lowest BCUT2D eigenvalue weighted by Gasteiger charge is -2.27. The van der Waals surface area contributed by atoms with Crippen molar-refractivity contribution in [2.24, 2.45) is 0 Å². The second-order valence-corrected chi connectivity index (χ2v) is 6.53. The highest BCUT2D eigenvalue weighted by molar-refractivity contribution is 5.95. The predicted molar refractivity (Wildman–Crippen MR) is 109 cm³/mol. The predicted octanol–water partition coefficient (Wildman–Crippen LogP) is 5.12. The van der Waals surface area contributed by atoms with E-state index in [0.29, 0.717) is 22.5 Å². The summed E-state index contributed by atoms with van der Waals surface area (Å²) in [5, 5.41) is 21.2. The van der Waals surface area contributed by atoms with Crippen LogP contribution in [0.3, 0.4) is 0 Å². The maximum absolute atomic E-state index is 13.5. The molecule has 4 aromatic rings. The Balaban J connectivity index is 1.85. The second kappa shape index (κ2) is 7.59. The first-order valence-corrected chi connectivity index (χ1v) is 8.95. The van der Waals surface area contributed by atoms with Gasteiger partial charge in [0.15, 0.2) is 0 Å². The standard InChI is InChI=1S/C23H17FN2O3/c24-17-9-11-18(12-10-17)26(20-6-2-1-5-19(20)23(28)29)14-16-8-7-15-4-3-13-25-21(15)22(16)27/h1-13,27H,14H2,(H,28,29). The van der Waals surface area contributed by atoms with Crippen molar-refractivity contribution in [1.29, 1.82) is 0 Å². The van der Waals surface area contributed by atoms with Crippen molar-refractivity contribution in [2.45, 2.75) is 6.54 Å². The minimum atomic E-state index is -1.07. The number of aromatic hydroxyl groups is 1. The van der Waals surface area contributed by atoms with Crippen LogP contribution in [0.5, 0.6) is 5.75 Å². The third-order valence-electron chi connectivity index (χ3n) is 4.72. The summed E-state index contributed by atoms with van der Waals surface area (Å²) in [6, 6.07) is 19.6. The minimum absolute atomic E-state index is 0.0306. The van der Waals surface area contributed by atoms with Gasteiger partial charge in [-0.3, -0.25) is 4.98 Å². The van der Waals surface area contributed by atoms with E-state index < -0.39 is 11.8 Å². The lowest BCUT2D eigenvalue weighted by Crippen LogP contribution is -2.19. The first kappa shape index (κ1) is 18.4. The van der Waals surface area contributed by atoms with Crippen LogP contribution in [0.2, 0.25) is 0 Å². The highest BCUT2D eigenvalue weighted by Crippen LogP contribution is 2.34. The summed E-state index contributed by atoms with van der Waals surface area (Å²) in [6.45, 7) is 0.175. The molecule has 0 aliphatic rings. The van der Waals surface area contributed by atoms with E-state index in [9.17, 15) is 19.4 Å². The number of aromatic nitrogens is 1. The Hall–Kier alpha value is -3.93. The van der Waals surface area contributed by atoms with Crippen molar-refractivity contribution in [1.82, 2.24) is 4.98 Å². The van der Waals surface area contributed by atoms with E-state index in [0.717, 1.165) is 5.39 Å². The van der Waals surface area contributed by atoms with E-state index in [1.54, 1.807) is 53.6 Å². The Kier molecular flexibility index (Phi) is 4.83. The van der Waals surface area contributed by atoms with Gasteiger partial charge in [0, 0.05) is 22.8 Å². The minimum Gasteiger partial charge on any atom is -0.505 e. The molecular formula is C23H17FN2O3. The van der Waals surface area contributed by atoms with Crippen molar-refractivity contribution in [3.8, 4) is 5.75 Å². The summed E-state index contributed by atoms with van der Waals surface area (Å²) in [5.41, 5.74) is 2.18. The van der Waals surface area contributed by atoms with Crippen molar-refractivity contribution in [2.75, 3.05) is 4.90 Å². The Bertz CT molecular complexity index is 1190. The lowest BCUT2D eigenvalue weighted by atomic mass is 10.1. The molecule has 3 aromatic carbocycles. The molecule has 6 heteroatoms. The van der Waals surface area contributed by atoms with Gasteiger partial charge >= 0.3 is 5.97 Å². The van der Waals surface area contributed by atoms with E-state index in [-0.39, 0.29) is 17.9 Å². The SMILES string of the molecule is O=C(O)c1ccccc1N(Cc1ccc2cccnc2c1O)c1ccc(F)cc1. The van der Waals surface area contributed by atoms with Gasteiger partial charge in [-0.05, 0) is 42.5 Å². The van der Waals surface area contributed by atoms with Gasteiger partial charge in [-0.25, -0.2) is 9.18 Å². The van der Waals surface area contributed by atoms with Gasteiger partial charge in [0.05, 0.1) is 17.8 Å². The van der Waals surface area contributed by atoms with Crippen molar-refractivity contribution in [3.63, 3.8) is 0 Å². The number of pyridine rings is 1. The number of fused-ring (bicyclic) bond motifs is 1. The highest BCUT2D eigenvalue weighted by atomic mass is 19.1. The fourth-order valence-electron chi connectivity index (χ4n) is 3.30. The maximum atomic E-state index is 13.5. The van der Waals surface area contributed by atoms with E-state index >= 15 is 0 Å². The summed E-state index contributed by atoms with van der Waals surface area (Å²) in [5.74, 6) is -1.43. The number of carbonyl (C=O) groups is 1. The molecule has 29 heavy (non-hydrogen) atoms. The lowest BCUT2D eigenvalue weighted by molar-refractivity contribution is 0.0697. The molecule has 0 saturated heterocycles. The average molecular weight is 388 g/mol. The van der Waals surface area contributed by atoms with Crippen LogP contribution in [0.1, 0.15) is 15.9 Å². The van der Waals surface area contributed by atoms with Crippen molar-refractivity contribution < 1.29 is 19.4 Å². The Morgan fingerprint density at radius 3 is 2.48 bits per heavy atom. The largest absolute Gasteiger partial charge is 0.505 e. The molecule has 0 saturated carbocycles. The molecule has 144 valence electrons. The molecule has 2 N–H and O–H groups in total. The van der Waals surface area contributed by atoms with E-state index in [1.165, 1.54) is 18.2 Å². The summed E-state index contributed by atoms with van der Waals surface area (Å²) >= 11 is 0. The van der Waals surface area contributed by atoms with Crippen LogP contribution in [-0.4, -0.2) is 21.2 Å². The van der Waals surface area contributed by atoms with E-state index in [2.05, 4.69) is 4.98 Å². The summed E-state index contributed by atoms with van der Waals surface area (Å²) < 4.78 is 13.5. The Morgan fingerprint density at radius 2 is 1.72 bits per heavy atom. The molecule has 0 unspecified atom stereocenters. The molecule has 0 spiro atoms. The molecule has 5 nitrogen and oxygen atoms in total. The zero-order valence-electron chi connectivity index (χ0n) is 15.3. The number of anilines is 2. The van der Waals surface area contributed by atoms with E-state index in [1.807, 2.05) is 12.1 Å². The second-order valence-electron chi connectivity index (χ2n) is 6.53. The zero-order valence-corrected chi connectivity index (χ0v) is 15.3. The number of phenols is 1. The normalized spacial score (nSPS) is 10.8. The van der Waals surface area contributed by atoms with E-state index in [4.69, 9.17) is 0 Å². The molecule has 0 amide bonds. The number of aromatic carboxylic acids is 1. The van der Waals surface area contributed by atoms with Gasteiger partial charge in [0.25, 0.3) is 0 Å². The van der Waals surface area contributed by atoms with Gasteiger partial charge < -0.3 is 15.1 Å². The number of carboxylic acid groups (broad SMARTS) is 1. The van der Waals surface area contributed by atoms with Gasteiger partial charge in [0.1, 0.15) is 17.1 Å². The van der Waals surface area contributed by atoms with Crippen LogP contribution in [0, 0.1) is 5.82 Å². The summed E-state index contributed by atoms with van der Waals surface area (Å²) in [7, 11) is 0. The molecule has 0 radical (unpaired) electrons. The molecule has 4 rings (SSSR count). The number of hydrogen-bond acceptors (Lipinski definition) is 4. The fraction of sp³-hybridized carbons (Fsp3) is 0.0435. The van der Waals surface area contributed by atoms with Crippen LogP contribution in [0.4, 0.5) is 15.8 Å². The summed E-state index contributed by atoms with van der Waals surface area (Å²) in [6.07, 6.45) is 1.60. The topological polar surface area (TPSA) is 73.7 Å². The number of phenolic OH excluding ortho intramolecular Hbond substituents is 1. The van der Waals surface area contributed by atoms with Gasteiger partial charge in [-0.2, -0.15) is 0 Å². The number of benzene rings is 3. The monoisotopic (exact) mass is 388 g/mol. The molecule has 1 heterocycles. The van der Waals surface area contributed by atoms with Crippen LogP contribution < -0.4 is 4.90 Å². The molecule has 0 aliphatic carbocycles. The maximum Gasteiger partial charge on any atom is 0.337 e. The smallest absolute Gasteiger partial charge is 0.337 e. The summed E-state index contributed by atoms with van der Waals surface area (Å²) in [4.78, 5) is 17.7. The van der Waals surface area contributed by atoms with Crippen molar-refractivity contribution in [3.05, 3.63) is 95.9 Å². The van der Waals surface area contributed by atoms with Crippen LogP contribution in [0.25, 0.3) is 10.9 Å².